The molecule has 0 atom stereocenters. The summed E-state index contributed by atoms with van der Waals surface area (Å²) in [6.45, 7) is 0.486. The fourth-order valence-electron chi connectivity index (χ4n) is 2.59. The van der Waals surface area contributed by atoms with Crippen LogP contribution in [0, 0.1) is 0 Å². The molecule has 2 heterocycles. The van der Waals surface area contributed by atoms with Crippen molar-refractivity contribution in [1.82, 2.24) is 14.8 Å². The molecular weight excluding hydrogens is 431 g/mol. The van der Waals surface area contributed by atoms with E-state index in [0.29, 0.717) is 22.4 Å². The minimum atomic E-state index is -0.330. The summed E-state index contributed by atoms with van der Waals surface area (Å²) >= 11 is 13.4. The highest BCUT2D eigenvalue weighted by molar-refractivity contribution is 7.99. The maximum Gasteiger partial charge on any atom is 0.291 e. The highest BCUT2D eigenvalue weighted by atomic mass is 35.5. The van der Waals surface area contributed by atoms with Gasteiger partial charge in [0.2, 0.25) is 5.28 Å². The van der Waals surface area contributed by atoms with E-state index in [1.807, 2.05) is 48.5 Å². The molecule has 4 aromatic rings. The summed E-state index contributed by atoms with van der Waals surface area (Å²) in [4.78, 5) is 17.5. The Morgan fingerprint density at radius 2 is 1.86 bits per heavy atom. The Hall–Kier alpha value is -2.74. The van der Waals surface area contributed by atoms with E-state index in [9.17, 15) is 4.79 Å². The molecule has 4 rings (SSSR count). The van der Waals surface area contributed by atoms with Gasteiger partial charge in [0.25, 0.3) is 5.91 Å². The van der Waals surface area contributed by atoms with E-state index in [0.717, 1.165) is 10.5 Å². The molecule has 0 aliphatic rings. The van der Waals surface area contributed by atoms with Crippen molar-refractivity contribution in [1.29, 1.82) is 0 Å². The first-order chi connectivity index (χ1) is 14.1. The van der Waals surface area contributed by atoms with Crippen LogP contribution in [0.25, 0.3) is 0 Å². The topological polar surface area (TPSA) is 73.0 Å². The summed E-state index contributed by atoms with van der Waals surface area (Å²) in [6, 6.07) is 18.2. The Bertz CT molecular complexity index is 1130. The minimum absolute atomic E-state index is 0.151. The van der Waals surface area contributed by atoms with E-state index in [1.54, 1.807) is 16.8 Å². The Labute approximate surface area is 180 Å². The van der Waals surface area contributed by atoms with Crippen molar-refractivity contribution in [3.8, 4) is 0 Å². The van der Waals surface area contributed by atoms with Crippen LogP contribution in [0.1, 0.15) is 16.1 Å². The molecule has 2 aromatic carbocycles. The second kappa shape index (κ2) is 8.73. The van der Waals surface area contributed by atoms with Gasteiger partial charge in [-0.1, -0.05) is 35.9 Å². The number of nitrogens with zero attached hydrogens (tertiary/aromatic N) is 3. The number of aromatic nitrogens is 3. The lowest BCUT2D eigenvalue weighted by atomic mass is 10.2. The van der Waals surface area contributed by atoms with Crippen LogP contribution in [0.4, 0.5) is 5.69 Å². The van der Waals surface area contributed by atoms with Crippen molar-refractivity contribution >= 4 is 46.6 Å². The van der Waals surface area contributed by atoms with Crippen LogP contribution < -0.4 is 5.32 Å². The number of halogens is 2. The van der Waals surface area contributed by atoms with Gasteiger partial charge in [-0.3, -0.25) is 4.79 Å². The number of hydrogen-bond donors (Lipinski definition) is 1. The molecule has 0 spiro atoms. The smallest absolute Gasteiger partial charge is 0.291 e. The van der Waals surface area contributed by atoms with Crippen molar-refractivity contribution in [2.24, 2.45) is 0 Å². The van der Waals surface area contributed by atoms with E-state index < -0.39 is 0 Å². The molecule has 1 amide bonds. The summed E-state index contributed by atoms with van der Waals surface area (Å²) < 4.78 is 6.86. The van der Waals surface area contributed by atoms with Gasteiger partial charge in [-0.25, -0.2) is 4.68 Å². The standard InChI is InChI=1S/C20H14Cl2N4O2S/c21-14-9-7-13(8-10-14)12-26-20(24-19(22)25-26)29-17-6-2-1-4-15(17)23-18(27)16-5-3-11-28-16/h1-11H,12H2,(H,23,27). The van der Waals surface area contributed by atoms with Crippen LogP contribution in [0.15, 0.2) is 81.4 Å². The third-order valence-electron chi connectivity index (χ3n) is 3.94. The zero-order valence-corrected chi connectivity index (χ0v) is 17.2. The lowest BCUT2D eigenvalue weighted by Gasteiger charge is -2.10. The number of nitrogens with one attached hydrogen (secondary N) is 1. The van der Waals surface area contributed by atoms with Crippen LogP contribution in [0.5, 0.6) is 0 Å². The number of para-hydroxylation sites is 1. The number of furan rings is 1. The normalized spacial score (nSPS) is 10.8. The van der Waals surface area contributed by atoms with Crippen LogP contribution >= 0.6 is 35.0 Å². The quantitative estimate of drug-likeness (QED) is 0.417. The number of anilines is 1. The van der Waals surface area contributed by atoms with Gasteiger partial charge in [0.15, 0.2) is 10.9 Å². The van der Waals surface area contributed by atoms with Gasteiger partial charge in [-0.15, -0.1) is 5.10 Å². The van der Waals surface area contributed by atoms with Gasteiger partial charge in [0, 0.05) is 9.92 Å². The first-order valence-electron chi connectivity index (χ1n) is 8.55. The second-order valence-electron chi connectivity index (χ2n) is 5.98. The second-order valence-corrected chi connectivity index (χ2v) is 7.76. The van der Waals surface area contributed by atoms with E-state index in [2.05, 4.69) is 15.4 Å². The zero-order chi connectivity index (χ0) is 20.2. The molecule has 0 fully saturated rings. The molecule has 0 aliphatic carbocycles. The Balaban J connectivity index is 1.57. The summed E-state index contributed by atoms with van der Waals surface area (Å²) in [5, 5.41) is 8.55. The van der Waals surface area contributed by atoms with Gasteiger partial charge in [0.1, 0.15) is 0 Å². The molecule has 2 aromatic heterocycles. The molecule has 29 heavy (non-hydrogen) atoms. The largest absolute Gasteiger partial charge is 0.459 e. The molecule has 9 heteroatoms. The van der Waals surface area contributed by atoms with Gasteiger partial charge in [0.05, 0.1) is 18.5 Å². The number of carbonyl (C=O) groups excluding carboxylic acids is 1. The highest BCUT2D eigenvalue weighted by Crippen LogP contribution is 2.33. The molecule has 1 N–H and O–H groups in total. The summed E-state index contributed by atoms with van der Waals surface area (Å²) in [6.07, 6.45) is 1.46. The van der Waals surface area contributed by atoms with Gasteiger partial charge >= 0.3 is 0 Å². The van der Waals surface area contributed by atoms with Crippen LogP contribution in [0.2, 0.25) is 10.3 Å². The molecule has 0 radical (unpaired) electrons. The third-order valence-corrected chi connectivity index (χ3v) is 5.41. The van der Waals surface area contributed by atoms with Crippen LogP contribution in [-0.2, 0) is 6.54 Å². The average Bonchev–Trinajstić information content (AvgIpc) is 3.35. The lowest BCUT2D eigenvalue weighted by molar-refractivity contribution is 0.0996. The van der Waals surface area contributed by atoms with Gasteiger partial charge in [-0.05, 0) is 65.3 Å². The molecular formula is C20H14Cl2N4O2S. The molecule has 146 valence electrons. The minimum Gasteiger partial charge on any atom is -0.459 e. The van der Waals surface area contributed by atoms with Crippen LogP contribution in [0.3, 0.4) is 0 Å². The predicted octanol–water partition coefficient (Wildman–Crippen LogP) is 5.63. The third kappa shape index (κ3) is 4.82. The number of amides is 1. The van der Waals surface area contributed by atoms with Gasteiger partial charge < -0.3 is 9.73 Å². The Kier molecular flexibility index (Phi) is 5.89. The number of benzene rings is 2. The fraction of sp³-hybridized carbons (Fsp3) is 0.0500. The molecule has 0 saturated carbocycles. The van der Waals surface area contributed by atoms with E-state index in [1.165, 1.54) is 18.0 Å². The summed E-state index contributed by atoms with van der Waals surface area (Å²) in [5.41, 5.74) is 1.65. The molecule has 0 bridgehead atoms. The monoisotopic (exact) mass is 444 g/mol. The van der Waals surface area contributed by atoms with E-state index in [-0.39, 0.29) is 17.0 Å². The maximum atomic E-state index is 12.3. The maximum absolute atomic E-state index is 12.3. The van der Waals surface area contributed by atoms with Crippen molar-refractivity contribution < 1.29 is 9.21 Å². The van der Waals surface area contributed by atoms with Crippen molar-refractivity contribution in [2.45, 2.75) is 16.6 Å². The number of rotatable bonds is 6. The van der Waals surface area contributed by atoms with Crippen molar-refractivity contribution in [2.75, 3.05) is 5.32 Å². The fourth-order valence-corrected chi connectivity index (χ4v) is 3.85. The van der Waals surface area contributed by atoms with E-state index >= 15 is 0 Å². The van der Waals surface area contributed by atoms with Crippen molar-refractivity contribution in [3.05, 3.63) is 88.6 Å². The molecule has 0 aliphatic heterocycles. The Morgan fingerprint density at radius 1 is 1.07 bits per heavy atom. The first kappa shape index (κ1) is 19.6. The zero-order valence-electron chi connectivity index (χ0n) is 14.9. The predicted molar refractivity (Wildman–Crippen MR) is 113 cm³/mol. The SMILES string of the molecule is O=C(Nc1ccccc1Sc1nc(Cl)nn1Cc1ccc(Cl)cc1)c1ccco1. The van der Waals surface area contributed by atoms with Gasteiger partial charge in [-0.2, -0.15) is 4.98 Å². The number of carbonyl (C=O) groups is 1. The average molecular weight is 445 g/mol. The summed E-state index contributed by atoms with van der Waals surface area (Å²) in [5.74, 6) is -0.0949. The molecule has 6 nitrogen and oxygen atoms in total. The number of hydrogen-bond acceptors (Lipinski definition) is 5. The summed E-state index contributed by atoms with van der Waals surface area (Å²) in [7, 11) is 0. The molecule has 0 unspecified atom stereocenters. The highest BCUT2D eigenvalue weighted by Gasteiger charge is 2.16. The lowest BCUT2D eigenvalue weighted by Crippen LogP contribution is -2.11. The van der Waals surface area contributed by atoms with E-state index in [4.69, 9.17) is 27.6 Å². The molecule has 0 saturated heterocycles. The Morgan fingerprint density at radius 3 is 2.62 bits per heavy atom. The first-order valence-corrected chi connectivity index (χ1v) is 10.1. The van der Waals surface area contributed by atoms with Crippen LogP contribution in [-0.4, -0.2) is 20.7 Å². The van der Waals surface area contributed by atoms with Crippen molar-refractivity contribution in [3.63, 3.8) is 0 Å².